The highest BCUT2D eigenvalue weighted by molar-refractivity contribution is 7.92. The van der Waals surface area contributed by atoms with Crippen molar-refractivity contribution in [2.45, 2.75) is 11.1 Å². The first kappa shape index (κ1) is 21.9. The summed E-state index contributed by atoms with van der Waals surface area (Å²) in [6.45, 7) is 0. The van der Waals surface area contributed by atoms with Gasteiger partial charge in [-0.3, -0.25) is 9.52 Å². The molecule has 0 radical (unpaired) electrons. The summed E-state index contributed by atoms with van der Waals surface area (Å²) in [4.78, 5) is 12.4. The second kappa shape index (κ2) is 8.49. The van der Waals surface area contributed by atoms with E-state index in [-0.39, 0.29) is 21.8 Å². The van der Waals surface area contributed by atoms with E-state index < -0.39 is 27.7 Å². The molecule has 6 nitrogen and oxygen atoms in total. The Kier molecular flexibility index (Phi) is 5.99. The van der Waals surface area contributed by atoms with Crippen LogP contribution in [0, 0.1) is 11.3 Å². The van der Waals surface area contributed by atoms with Gasteiger partial charge in [0.05, 0.1) is 22.1 Å². The zero-order valence-corrected chi connectivity index (χ0v) is 16.5. The van der Waals surface area contributed by atoms with Crippen LogP contribution < -0.4 is 10.0 Å². The molecule has 0 aliphatic carbocycles. The SMILES string of the molecule is N#Cc1ccc(S(=O)(=O)Nc2cccc(C(=O)Nc3cccc(C(F)(F)F)c3)c2)cc1. The summed E-state index contributed by atoms with van der Waals surface area (Å²) in [5, 5.41) is 11.2. The number of hydrogen-bond donors (Lipinski definition) is 2. The van der Waals surface area contributed by atoms with Gasteiger partial charge >= 0.3 is 6.18 Å². The monoisotopic (exact) mass is 445 g/mol. The molecule has 3 rings (SSSR count). The van der Waals surface area contributed by atoms with Crippen molar-refractivity contribution in [2.24, 2.45) is 0 Å². The fourth-order valence-corrected chi connectivity index (χ4v) is 3.67. The van der Waals surface area contributed by atoms with Gasteiger partial charge in [0.1, 0.15) is 0 Å². The molecular weight excluding hydrogens is 431 g/mol. The molecule has 3 aromatic carbocycles. The number of anilines is 2. The predicted octanol–water partition coefficient (Wildman–Crippen LogP) is 4.63. The Labute approximate surface area is 176 Å². The van der Waals surface area contributed by atoms with E-state index in [4.69, 9.17) is 5.26 Å². The highest BCUT2D eigenvalue weighted by atomic mass is 32.2. The summed E-state index contributed by atoms with van der Waals surface area (Å²) < 4.78 is 65.8. The Morgan fingerprint density at radius 3 is 2.19 bits per heavy atom. The van der Waals surface area contributed by atoms with Gasteiger partial charge in [0.15, 0.2) is 0 Å². The molecule has 10 heteroatoms. The summed E-state index contributed by atoms with van der Waals surface area (Å²) in [5.41, 5.74) is -0.539. The van der Waals surface area contributed by atoms with E-state index in [1.54, 1.807) is 0 Å². The number of nitrogens with zero attached hydrogens (tertiary/aromatic N) is 1. The molecule has 0 atom stereocenters. The fraction of sp³-hybridized carbons (Fsp3) is 0.0476. The van der Waals surface area contributed by atoms with Gasteiger partial charge in [-0.2, -0.15) is 18.4 Å². The fourth-order valence-electron chi connectivity index (χ4n) is 2.62. The number of halogens is 3. The zero-order valence-electron chi connectivity index (χ0n) is 15.6. The standard InChI is InChI=1S/C21H14F3N3O3S/c22-21(23,24)16-4-2-5-17(12-16)26-20(28)15-3-1-6-18(11-15)27-31(29,30)19-9-7-14(13-25)8-10-19/h1-12,27H,(H,26,28). The number of carbonyl (C=O) groups excluding carboxylic acids is 1. The van der Waals surface area contributed by atoms with E-state index in [1.807, 2.05) is 6.07 Å². The number of sulfonamides is 1. The molecule has 31 heavy (non-hydrogen) atoms. The third-order valence-electron chi connectivity index (χ3n) is 4.12. The van der Waals surface area contributed by atoms with Gasteiger partial charge in [0.2, 0.25) is 0 Å². The molecule has 0 bridgehead atoms. The minimum Gasteiger partial charge on any atom is -0.322 e. The molecule has 0 saturated carbocycles. The van der Waals surface area contributed by atoms with E-state index in [9.17, 15) is 26.4 Å². The van der Waals surface area contributed by atoms with Crippen LogP contribution in [0.1, 0.15) is 21.5 Å². The Morgan fingerprint density at radius 1 is 0.903 bits per heavy atom. The second-order valence-electron chi connectivity index (χ2n) is 6.36. The van der Waals surface area contributed by atoms with Gasteiger partial charge in [-0.15, -0.1) is 0 Å². The van der Waals surface area contributed by atoms with E-state index in [0.717, 1.165) is 12.1 Å². The first-order valence-electron chi connectivity index (χ1n) is 8.70. The number of rotatable bonds is 5. The maximum atomic E-state index is 12.8. The lowest BCUT2D eigenvalue weighted by Gasteiger charge is -2.11. The van der Waals surface area contributed by atoms with Crippen molar-refractivity contribution in [2.75, 3.05) is 10.0 Å². The Hall–Kier alpha value is -3.84. The summed E-state index contributed by atoms with van der Waals surface area (Å²) in [6.07, 6.45) is -4.55. The second-order valence-corrected chi connectivity index (χ2v) is 8.04. The highest BCUT2D eigenvalue weighted by Gasteiger charge is 2.30. The van der Waals surface area contributed by atoms with Gasteiger partial charge in [0.25, 0.3) is 15.9 Å². The van der Waals surface area contributed by atoms with Crippen LogP contribution in [0.25, 0.3) is 0 Å². The summed E-state index contributed by atoms with van der Waals surface area (Å²) in [6, 6.07) is 16.8. The van der Waals surface area contributed by atoms with Crippen LogP contribution in [-0.2, 0) is 16.2 Å². The first-order valence-corrected chi connectivity index (χ1v) is 10.2. The van der Waals surface area contributed by atoms with Gasteiger partial charge in [-0.25, -0.2) is 8.42 Å². The predicted molar refractivity (Wildman–Crippen MR) is 108 cm³/mol. The van der Waals surface area contributed by atoms with Crippen molar-refractivity contribution < 1.29 is 26.4 Å². The van der Waals surface area contributed by atoms with Crippen molar-refractivity contribution >= 4 is 27.3 Å². The molecule has 0 aliphatic rings. The molecule has 158 valence electrons. The molecule has 3 aromatic rings. The number of alkyl halides is 3. The molecule has 2 N–H and O–H groups in total. The Bertz CT molecular complexity index is 1270. The Balaban J connectivity index is 1.78. The third-order valence-corrected chi connectivity index (χ3v) is 5.52. The Morgan fingerprint density at radius 2 is 1.55 bits per heavy atom. The summed E-state index contributed by atoms with van der Waals surface area (Å²) >= 11 is 0. The molecule has 0 unspecified atom stereocenters. The van der Waals surface area contributed by atoms with Gasteiger partial charge < -0.3 is 5.32 Å². The quantitative estimate of drug-likeness (QED) is 0.598. The summed E-state index contributed by atoms with van der Waals surface area (Å²) in [7, 11) is -3.98. The van der Waals surface area contributed by atoms with E-state index in [2.05, 4.69) is 10.0 Å². The van der Waals surface area contributed by atoms with Crippen molar-refractivity contribution in [1.29, 1.82) is 5.26 Å². The van der Waals surface area contributed by atoms with E-state index in [1.165, 1.54) is 60.7 Å². The molecule has 0 aromatic heterocycles. The lowest BCUT2D eigenvalue weighted by molar-refractivity contribution is -0.137. The number of carbonyl (C=O) groups is 1. The van der Waals surface area contributed by atoms with Crippen LogP contribution in [0.4, 0.5) is 24.5 Å². The van der Waals surface area contributed by atoms with Crippen molar-refractivity contribution in [3.63, 3.8) is 0 Å². The van der Waals surface area contributed by atoms with Crippen LogP contribution in [0.3, 0.4) is 0 Å². The number of nitriles is 1. The third kappa shape index (κ3) is 5.40. The number of amides is 1. The molecule has 0 spiro atoms. The van der Waals surface area contributed by atoms with Gasteiger partial charge in [0, 0.05) is 16.9 Å². The molecule has 0 aliphatic heterocycles. The largest absolute Gasteiger partial charge is 0.416 e. The topological polar surface area (TPSA) is 99.1 Å². The number of benzene rings is 3. The minimum atomic E-state index is -4.55. The van der Waals surface area contributed by atoms with Crippen LogP contribution in [0.5, 0.6) is 0 Å². The average molecular weight is 445 g/mol. The number of hydrogen-bond acceptors (Lipinski definition) is 4. The highest BCUT2D eigenvalue weighted by Crippen LogP contribution is 2.30. The van der Waals surface area contributed by atoms with Crippen molar-refractivity contribution in [1.82, 2.24) is 0 Å². The van der Waals surface area contributed by atoms with E-state index in [0.29, 0.717) is 5.56 Å². The first-order chi connectivity index (χ1) is 14.6. The molecule has 1 amide bonds. The zero-order chi connectivity index (χ0) is 22.6. The molecule has 0 fully saturated rings. The van der Waals surface area contributed by atoms with E-state index >= 15 is 0 Å². The van der Waals surface area contributed by atoms with Crippen LogP contribution in [0.15, 0.2) is 77.7 Å². The van der Waals surface area contributed by atoms with Crippen LogP contribution in [0.2, 0.25) is 0 Å². The molecule has 0 heterocycles. The van der Waals surface area contributed by atoms with Crippen molar-refractivity contribution in [3.8, 4) is 6.07 Å². The van der Waals surface area contributed by atoms with Crippen LogP contribution >= 0.6 is 0 Å². The maximum absolute atomic E-state index is 12.8. The smallest absolute Gasteiger partial charge is 0.322 e. The van der Waals surface area contributed by atoms with Crippen molar-refractivity contribution in [3.05, 3.63) is 89.5 Å². The molecular formula is C21H14F3N3O3S. The lowest BCUT2D eigenvalue weighted by Crippen LogP contribution is -2.15. The van der Waals surface area contributed by atoms with Gasteiger partial charge in [-0.1, -0.05) is 12.1 Å². The molecule has 0 saturated heterocycles. The maximum Gasteiger partial charge on any atom is 0.416 e. The summed E-state index contributed by atoms with van der Waals surface area (Å²) in [5.74, 6) is -0.709. The van der Waals surface area contributed by atoms with Crippen LogP contribution in [-0.4, -0.2) is 14.3 Å². The minimum absolute atomic E-state index is 0.0393. The lowest BCUT2D eigenvalue weighted by atomic mass is 10.1. The average Bonchev–Trinajstić information content (AvgIpc) is 2.73. The number of nitrogens with one attached hydrogen (secondary N) is 2. The normalized spacial score (nSPS) is 11.4. The van der Waals surface area contributed by atoms with Gasteiger partial charge in [-0.05, 0) is 60.7 Å².